The molecule has 2 aliphatic rings. The molecule has 0 aliphatic carbocycles. The largest absolute Gasteiger partial charge is 0.493 e. The maximum Gasteiger partial charge on any atom is 0.326 e. The molecule has 48 heavy (non-hydrogen) atoms. The number of pyridine rings is 1. The molecule has 2 N–H and O–H groups in total. The van der Waals surface area contributed by atoms with Crippen LogP contribution in [0, 0.1) is 0 Å². The van der Waals surface area contributed by atoms with Crippen LogP contribution in [0.3, 0.4) is 0 Å². The molecular weight excluding hydrogens is 647 g/mol. The van der Waals surface area contributed by atoms with E-state index in [0.717, 1.165) is 16.8 Å². The molecule has 0 spiro atoms. The molecule has 2 atom stereocenters. The fourth-order valence-corrected chi connectivity index (χ4v) is 6.86. The average Bonchev–Trinajstić information content (AvgIpc) is 3.29. The molecule has 256 valence electrons. The number of nitrogens with one attached hydrogen (secondary N) is 2. The first-order chi connectivity index (χ1) is 22.7. The SMILES string of the molecule is CCNC(=O)NC1CCN(C(=O)N2C(c3cnc(C(C)(C)C)cc3OCC)=N[C@@](C)(c3ccc(Cl)cc3)[C@@]2(C)c2ccc(Cl)cc2)CC1. The quantitative estimate of drug-likeness (QED) is 0.263. The van der Waals surface area contributed by atoms with Gasteiger partial charge in [0.25, 0.3) is 0 Å². The van der Waals surface area contributed by atoms with Crippen LogP contribution in [-0.4, -0.2) is 65.0 Å². The Bertz CT molecular complexity index is 1670. The standard InChI is InChI=1S/C37H46Cl2N6O3/c1-8-40-33(46)42-28-18-20-44(21-19-28)34(47)45-32(29-23-41-31(35(3,4)5)22-30(29)48-9-2)43-36(6,24-10-14-26(38)15-11-24)37(45,7)25-12-16-27(39)17-13-25/h10-17,22-23,28H,8-9,18-21H2,1-7H3,(H2,40,42,46)/t36-,37+/m0/s1. The van der Waals surface area contributed by atoms with Gasteiger partial charge in [-0.15, -0.1) is 0 Å². The number of likely N-dealkylation sites (tertiary alicyclic amines) is 1. The topological polar surface area (TPSA) is 99.2 Å². The van der Waals surface area contributed by atoms with Gasteiger partial charge in [-0.25, -0.2) is 9.59 Å². The number of urea groups is 2. The Kier molecular flexibility index (Phi) is 10.3. The summed E-state index contributed by atoms with van der Waals surface area (Å²) in [6.45, 7) is 16.2. The normalized spacial score (nSPS) is 21.6. The third-order valence-corrected chi connectivity index (χ3v) is 10.1. The van der Waals surface area contributed by atoms with E-state index >= 15 is 4.79 Å². The molecule has 3 heterocycles. The zero-order valence-electron chi connectivity index (χ0n) is 28.9. The Hall–Kier alpha value is -3.82. The molecule has 0 saturated carbocycles. The van der Waals surface area contributed by atoms with Crippen LogP contribution in [0.1, 0.15) is 83.7 Å². The lowest BCUT2D eigenvalue weighted by molar-refractivity contribution is 0.0995. The summed E-state index contributed by atoms with van der Waals surface area (Å²) >= 11 is 12.8. The Labute approximate surface area is 294 Å². The van der Waals surface area contributed by atoms with Gasteiger partial charge in [0.2, 0.25) is 0 Å². The van der Waals surface area contributed by atoms with E-state index in [9.17, 15) is 4.79 Å². The van der Waals surface area contributed by atoms with E-state index in [2.05, 4.69) is 45.3 Å². The number of benzene rings is 2. The van der Waals surface area contributed by atoms with Crippen LogP contribution < -0.4 is 15.4 Å². The molecule has 0 unspecified atom stereocenters. The number of aliphatic imine (C=N–C) groups is 1. The summed E-state index contributed by atoms with van der Waals surface area (Å²) in [4.78, 5) is 41.4. The molecule has 0 radical (unpaired) electrons. The van der Waals surface area contributed by atoms with Crippen LogP contribution >= 0.6 is 23.2 Å². The Balaban J connectivity index is 1.68. The highest BCUT2D eigenvalue weighted by molar-refractivity contribution is 6.30. The Morgan fingerprint density at radius 1 is 0.958 bits per heavy atom. The minimum Gasteiger partial charge on any atom is -0.493 e. The molecule has 0 bridgehead atoms. The lowest BCUT2D eigenvalue weighted by atomic mass is 9.71. The van der Waals surface area contributed by atoms with E-state index in [1.165, 1.54) is 0 Å². The number of amides is 4. The molecule has 3 aromatic rings. The summed E-state index contributed by atoms with van der Waals surface area (Å²) in [5, 5.41) is 7.03. The molecular formula is C37H46Cl2N6O3. The van der Waals surface area contributed by atoms with Crippen molar-refractivity contribution in [3.05, 3.63) is 93.2 Å². The van der Waals surface area contributed by atoms with E-state index in [4.69, 9.17) is 37.9 Å². The summed E-state index contributed by atoms with van der Waals surface area (Å²) in [5.74, 6) is 1.08. The highest BCUT2D eigenvalue weighted by Gasteiger charge is 2.60. The third kappa shape index (κ3) is 6.72. The number of piperidine rings is 1. The van der Waals surface area contributed by atoms with Gasteiger partial charge in [0.15, 0.2) is 0 Å². The minimum absolute atomic E-state index is 0.0343. The molecule has 2 aromatic carbocycles. The van der Waals surface area contributed by atoms with E-state index in [-0.39, 0.29) is 23.5 Å². The maximum atomic E-state index is 15.1. The van der Waals surface area contributed by atoms with Crippen molar-refractivity contribution in [3.8, 4) is 5.75 Å². The van der Waals surface area contributed by atoms with Gasteiger partial charge in [-0.2, -0.15) is 0 Å². The number of halogens is 2. The molecule has 2 aliphatic heterocycles. The Morgan fingerprint density at radius 3 is 2.08 bits per heavy atom. The molecule has 1 aromatic heterocycles. The number of aromatic nitrogens is 1. The zero-order chi connectivity index (χ0) is 34.9. The Morgan fingerprint density at radius 2 is 1.54 bits per heavy atom. The van der Waals surface area contributed by atoms with Crippen molar-refractivity contribution in [1.82, 2.24) is 25.4 Å². The van der Waals surface area contributed by atoms with Gasteiger partial charge >= 0.3 is 12.1 Å². The lowest BCUT2D eigenvalue weighted by Crippen LogP contribution is -2.60. The first-order valence-electron chi connectivity index (χ1n) is 16.6. The third-order valence-electron chi connectivity index (χ3n) is 9.55. The van der Waals surface area contributed by atoms with E-state index in [1.807, 2.05) is 78.2 Å². The molecule has 1 saturated heterocycles. The minimum atomic E-state index is -1.03. The smallest absolute Gasteiger partial charge is 0.326 e. The maximum absolute atomic E-state index is 15.1. The molecule has 5 rings (SSSR count). The molecule has 4 amide bonds. The van der Waals surface area contributed by atoms with E-state index in [0.29, 0.717) is 66.3 Å². The van der Waals surface area contributed by atoms with Crippen molar-refractivity contribution < 1.29 is 14.3 Å². The second-order valence-corrected chi connectivity index (χ2v) is 14.6. The second-order valence-electron chi connectivity index (χ2n) is 13.7. The summed E-state index contributed by atoms with van der Waals surface area (Å²) < 4.78 is 6.26. The van der Waals surface area contributed by atoms with Crippen LogP contribution in [-0.2, 0) is 16.5 Å². The molecule has 9 nitrogen and oxygen atoms in total. The lowest BCUT2D eigenvalue weighted by Gasteiger charge is -2.47. The van der Waals surface area contributed by atoms with Gasteiger partial charge < -0.3 is 20.3 Å². The van der Waals surface area contributed by atoms with Crippen LogP contribution in [0.15, 0.2) is 65.8 Å². The van der Waals surface area contributed by atoms with Gasteiger partial charge in [0.05, 0.1) is 12.2 Å². The number of hydrogen-bond acceptors (Lipinski definition) is 5. The highest BCUT2D eigenvalue weighted by atomic mass is 35.5. The van der Waals surface area contributed by atoms with Gasteiger partial charge in [0.1, 0.15) is 22.7 Å². The first-order valence-corrected chi connectivity index (χ1v) is 17.4. The number of carbonyl (C=O) groups is 2. The predicted octanol–water partition coefficient (Wildman–Crippen LogP) is 7.88. The van der Waals surface area contributed by atoms with Crippen molar-refractivity contribution in [1.29, 1.82) is 0 Å². The van der Waals surface area contributed by atoms with E-state index < -0.39 is 11.1 Å². The highest BCUT2D eigenvalue weighted by Crippen LogP contribution is 2.54. The van der Waals surface area contributed by atoms with Crippen molar-refractivity contribution in [3.63, 3.8) is 0 Å². The van der Waals surface area contributed by atoms with Crippen molar-refractivity contribution in [2.24, 2.45) is 4.99 Å². The van der Waals surface area contributed by atoms with Crippen LogP contribution in [0.4, 0.5) is 9.59 Å². The van der Waals surface area contributed by atoms with Gasteiger partial charge in [-0.1, -0.05) is 68.2 Å². The van der Waals surface area contributed by atoms with Crippen LogP contribution in [0.5, 0.6) is 5.75 Å². The summed E-state index contributed by atoms with van der Waals surface area (Å²) in [7, 11) is 0. The summed E-state index contributed by atoms with van der Waals surface area (Å²) in [5.41, 5.74) is 1.03. The monoisotopic (exact) mass is 692 g/mol. The van der Waals surface area contributed by atoms with Gasteiger partial charge in [0, 0.05) is 59.1 Å². The van der Waals surface area contributed by atoms with Gasteiger partial charge in [-0.3, -0.25) is 14.9 Å². The van der Waals surface area contributed by atoms with Crippen molar-refractivity contribution in [2.45, 2.75) is 83.8 Å². The fraction of sp³-hybridized carbons (Fsp3) is 0.459. The zero-order valence-corrected chi connectivity index (χ0v) is 30.4. The first kappa shape index (κ1) is 35.5. The number of hydrogen-bond donors (Lipinski definition) is 2. The molecule has 11 heteroatoms. The van der Waals surface area contributed by atoms with Crippen LogP contribution in [0.25, 0.3) is 0 Å². The molecule has 1 fully saturated rings. The summed E-state index contributed by atoms with van der Waals surface area (Å²) in [6.07, 6.45) is 3.03. The van der Waals surface area contributed by atoms with E-state index in [1.54, 1.807) is 6.20 Å². The average molecular weight is 694 g/mol. The second kappa shape index (κ2) is 14.0. The van der Waals surface area contributed by atoms with Crippen molar-refractivity contribution in [2.75, 3.05) is 26.2 Å². The number of carbonyl (C=O) groups excluding carboxylic acids is 2. The number of nitrogens with zero attached hydrogens (tertiary/aromatic N) is 4. The van der Waals surface area contributed by atoms with Crippen molar-refractivity contribution >= 4 is 41.1 Å². The number of amidine groups is 1. The number of rotatable bonds is 7. The number of ether oxygens (including phenoxy) is 1. The fourth-order valence-electron chi connectivity index (χ4n) is 6.61. The van der Waals surface area contributed by atoms with Gasteiger partial charge in [-0.05, 0) is 75.9 Å². The predicted molar refractivity (Wildman–Crippen MR) is 192 cm³/mol. The summed E-state index contributed by atoms with van der Waals surface area (Å²) in [6, 6.07) is 16.8. The van der Waals surface area contributed by atoms with Crippen LogP contribution in [0.2, 0.25) is 10.0 Å².